The van der Waals surface area contributed by atoms with Crippen molar-refractivity contribution in [2.24, 2.45) is 0 Å². The van der Waals surface area contributed by atoms with E-state index in [1.807, 2.05) is 54.6 Å². The lowest BCUT2D eigenvalue weighted by Gasteiger charge is -2.12. The number of nitrogens with zero attached hydrogens (tertiary/aromatic N) is 2. The van der Waals surface area contributed by atoms with Crippen molar-refractivity contribution in [3.63, 3.8) is 0 Å². The summed E-state index contributed by atoms with van der Waals surface area (Å²) in [4.78, 5) is 9.73. The number of fused-ring (bicyclic) bond motifs is 1. The Bertz CT molecular complexity index is 1010. The minimum atomic E-state index is 0.546. The first-order valence-corrected chi connectivity index (χ1v) is 8.71. The molecule has 1 heterocycles. The van der Waals surface area contributed by atoms with E-state index in [0.717, 1.165) is 21.0 Å². The summed E-state index contributed by atoms with van der Waals surface area (Å²) in [5.41, 5.74) is 7.83. The smallest absolute Gasteiger partial charge is 0.158 e. The van der Waals surface area contributed by atoms with Gasteiger partial charge in [-0.05, 0) is 23.6 Å². The summed E-state index contributed by atoms with van der Waals surface area (Å²) < 4.78 is 0. The molecule has 0 spiro atoms. The topological polar surface area (TPSA) is 63.8 Å². The maximum absolute atomic E-state index is 6.31. The molecule has 5 heteroatoms. The Morgan fingerprint density at radius 3 is 2.44 bits per heavy atom. The summed E-state index contributed by atoms with van der Waals surface area (Å²) in [5.74, 6) is 0.616. The lowest BCUT2D eigenvalue weighted by Crippen LogP contribution is -2.02. The summed E-state index contributed by atoms with van der Waals surface area (Å²) in [5, 5.41) is 6.38. The number of hydrogen-bond donors (Lipinski definition) is 2. The largest absolute Gasteiger partial charge is 0.394 e. The Labute approximate surface area is 150 Å². The normalized spacial score (nSPS) is 10.7. The molecule has 1 aromatic heterocycles. The van der Waals surface area contributed by atoms with Gasteiger partial charge in [0.2, 0.25) is 0 Å². The third-order valence-corrected chi connectivity index (χ3v) is 4.87. The zero-order chi connectivity index (χ0) is 17.1. The zero-order valence-electron chi connectivity index (χ0n) is 13.4. The van der Waals surface area contributed by atoms with E-state index >= 15 is 0 Å². The first kappa shape index (κ1) is 15.5. The van der Waals surface area contributed by atoms with E-state index in [0.29, 0.717) is 11.5 Å². The van der Waals surface area contributed by atoms with Gasteiger partial charge >= 0.3 is 0 Å². The van der Waals surface area contributed by atoms with Gasteiger partial charge in [0, 0.05) is 16.0 Å². The lowest BCUT2D eigenvalue weighted by molar-refractivity contribution is 1.06. The van der Waals surface area contributed by atoms with Gasteiger partial charge in [-0.2, -0.15) is 0 Å². The van der Waals surface area contributed by atoms with Crippen molar-refractivity contribution in [2.45, 2.75) is 9.92 Å². The Hall–Kier alpha value is -3.05. The molecule has 3 N–H and O–H groups in total. The fourth-order valence-corrected chi connectivity index (χ4v) is 3.45. The van der Waals surface area contributed by atoms with E-state index in [1.165, 1.54) is 23.5 Å². The van der Waals surface area contributed by atoms with Gasteiger partial charge in [-0.15, -0.1) is 0 Å². The van der Waals surface area contributed by atoms with E-state index in [9.17, 15) is 0 Å². The molecule has 4 aromatic rings. The average molecular weight is 344 g/mol. The molecule has 122 valence electrons. The van der Waals surface area contributed by atoms with Crippen LogP contribution in [0.4, 0.5) is 17.2 Å². The first-order valence-electron chi connectivity index (χ1n) is 7.89. The van der Waals surface area contributed by atoms with Crippen molar-refractivity contribution in [2.75, 3.05) is 11.1 Å². The second-order valence-electron chi connectivity index (χ2n) is 5.51. The first-order chi connectivity index (χ1) is 12.3. The van der Waals surface area contributed by atoms with Gasteiger partial charge < -0.3 is 11.1 Å². The molecule has 4 nitrogen and oxygen atoms in total. The summed E-state index contributed by atoms with van der Waals surface area (Å²) >= 11 is 1.53. The van der Waals surface area contributed by atoms with E-state index in [4.69, 9.17) is 5.73 Å². The van der Waals surface area contributed by atoms with Crippen LogP contribution < -0.4 is 11.1 Å². The van der Waals surface area contributed by atoms with Gasteiger partial charge in [0.1, 0.15) is 17.0 Å². The molecule has 25 heavy (non-hydrogen) atoms. The second-order valence-corrected chi connectivity index (χ2v) is 6.57. The van der Waals surface area contributed by atoms with Crippen LogP contribution in [0.1, 0.15) is 0 Å². The molecule has 0 bridgehead atoms. The molecule has 0 aliphatic carbocycles. The number of aromatic nitrogens is 2. The van der Waals surface area contributed by atoms with E-state index in [2.05, 4.69) is 33.5 Å². The van der Waals surface area contributed by atoms with E-state index in [-0.39, 0.29) is 0 Å². The van der Waals surface area contributed by atoms with Crippen LogP contribution >= 0.6 is 11.8 Å². The van der Waals surface area contributed by atoms with E-state index in [1.54, 1.807) is 0 Å². The fraction of sp³-hybridized carbons (Fsp3) is 0. The maximum Gasteiger partial charge on any atom is 0.158 e. The van der Waals surface area contributed by atoms with Crippen LogP contribution in [0.2, 0.25) is 0 Å². The number of nitrogen functional groups attached to an aromatic ring is 1. The van der Waals surface area contributed by atoms with Gasteiger partial charge in [-0.25, -0.2) is 9.97 Å². The van der Waals surface area contributed by atoms with Crippen molar-refractivity contribution in [1.82, 2.24) is 9.97 Å². The highest BCUT2D eigenvalue weighted by Crippen LogP contribution is 2.35. The SMILES string of the molecule is Nc1c(Nc2cccc3ccccc23)ncnc1Sc1ccccc1. The van der Waals surface area contributed by atoms with Gasteiger partial charge in [-0.3, -0.25) is 0 Å². The van der Waals surface area contributed by atoms with Crippen molar-refractivity contribution in [3.05, 3.63) is 79.1 Å². The molecule has 0 aliphatic heterocycles. The van der Waals surface area contributed by atoms with Gasteiger partial charge in [0.05, 0.1) is 0 Å². The Kier molecular flexibility index (Phi) is 4.23. The van der Waals surface area contributed by atoms with Crippen molar-refractivity contribution in [1.29, 1.82) is 0 Å². The quantitative estimate of drug-likeness (QED) is 0.504. The van der Waals surface area contributed by atoms with Crippen molar-refractivity contribution in [3.8, 4) is 0 Å². The highest BCUT2D eigenvalue weighted by molar-refractivity contribution is 7.99. The number of hydrogen-bond acceptors (Lipinski definition) is 5. The summed E-state index contributed by atoms with van der Waals surface area (Å²) in [6, 6.07) is 24.4. The minimum absolute atomic E-state index is 0.546. The minimum Gasteiger partial charge on any atom is -0.394 e. The fourth-order valence-electron chi connectivity index (χ4n) is 2.62. The van der Waals surface area contributed by atoms with Crippen LogP contribution in [0.15, 0.2) is 89.0 Å². The molecule has 0 atom stereocenters. The number of anilines is 3. The molecule has 0 saturated heterocycles. The molecular weight excluding hydrogens is 328 g/mol. The maximum atomic E-state index is 6.31. The molecule has 0 unspecified atom stereocenters. The van der Waals surface area contributed by atoms with Gasteiger partial charge in [0.25, 0.3) is 0 Å². The monoisotopic (exact) mass is 344 g/mol. The third-order valence-electron chi connectivity index (χ3n) is 3.85. The molecule has 4 rings (SSSR count). The van der Waals surface area contributed by atoms with Crippen LogP contribution in [0.5, 0.6) is 0 Å². The molecule has 3 aromatic carbocycles. The Morgan fingerprint density at radius 2 is 1.56 bits per heavy atom. The van der Waals surface area contributed by atoms with Crippen molar-refractivity contribution < 1.29 is 0 Å². The Morgan fingerprint density at radius 1 is 0.800 bits per heavy atom. The molecule has 0 saturated carbocycles. The second kappa shape index (κ2) is 6.83. The predicted molar refractivity (Wildman–Crippen MR) is 104 cm³/mol. The number of nitrogens with two attached hydrogens (primary N) is 1. The van der Waals surface area contributed by atoms with Crippen LogP contribution in [-0.2, 0) is 0 Å². The van der Waals surface area contributed by atoms with Crippen LogP contribution in [-0.4, -0.2) is 9.97 Å². The Balaban J connectivity index is 1.68. The molecule has 0 aliphatic rings. The highest BCUT2D eigenvalue weighted by atomic mass is 32.2. The van der Waals surface area contributed by atoms with Crippen LogP contribution in [0.25, 0.3) is 10.8 Å². The van der Waals surface area contributed by atoms with Gasteiger partial charge in [-0.1, -0.05) is 66.4 Å². The number of rotatable bonds is 4. The number of benzene rings is 3. The average Bonchev–Trinajstić information content (AvgIpc) is 2.66. The molecular formula is C20H16N4S. The van der Waals surface area contributed by atoms with Crippen LogP contribution in [0, 0.1) is 0 Å². The molecule has 0 fully saturated rings. The van der Waals surface area contributed by atoms with Crippen LogP contribution in [0.3, 0.4) is 0 Å². The number of nitrogens with one attached hydrogen (secondary N) is 1. The standard InChI is InChI=1S/C20H16N4S/c21-18-19(22-13-23-20(18)25-15-9-2-1-3-10-15)24-17-12-6-8-14-7-4-5-11-16(14)17/h1-13H,21H2,(H,22,23,24). The zero-order valence-corrected chi connectivity index (χ0v) is 14.2. The molecule has 0 amide bonds. The van der Waals surface area contributed by atoms with E-state index < -0.39 is 0 Å². The lowest BCUT2D eigenvalue weighted by atomic mass is 10.1. The highest BCUT2D eigenvalue weighted by Gasteiger charge is 2.11. The predicted octanol–water partition coefficient (Wildman–Crippen LogP) is 5.11. The van der Waals surface area contributed by atoms with Crippen molar-refractivity contribution >= 4 is 39.7 Å². The summed E-state index contributed by atoms with van der Waals surface area (Å²) in [6.07, 6.45) is 1.54. The van der Waals surface area contributed by atoms with Gasteiger partial charge in [0.15, 0.2) is 5.82 Å². The third kappa shape index (κ3) is 3.27. The summed E-state index contributed by atoms with van der Waals surface area (Å²) in [6.45, 7) is 0. The summed E-state index contributed by atoms with van der Waals surface area (Å²) in [7, 11) is 0. The molecule has 0 radical (unpaired) electrons.